The van der Waals surface area contributed by atoms with Crippen LogP contribution in [-0.2, 0) is 11.2 Å². The molecule has 1 heterocycles. The molecule has 0 N–H and O–H groups in total. The lowest BCUT2D eigenvalue weighted by Gasteiger charge is -2.24. The maximum absolute atomic E-state index is 6.14. The van der Waals surface area contributed by atoms with Crippen molar-refractivity contribution in [3.05, 3.63) is 29.0 Å². The number of aryl methyl sites for hydroxylation is 1. The van der Waals surface area contributed by atoms with Gasteiger partial charge in [0, 0.05) is 24.4 Å². The van der Waals surface area contributed by atoms with Crippen LogP contribution in [0.15, 0.2) is 18.2 Å². The molecular formula is C15H20Cl2N2O. The Labute approximate surface area is 129 Å². The summed E-state index contributed by atoms with van der Waals surface area (Å²) < 4.78 is 7.62. The Bertz CT molecular complexity index is 581. The molecule has 0 saturated heterocycles. The van der Waals surface area contributed by atoms with E-state index in [-0.39, 0.29) is 6.04 Å². The Morgan fingerprint density at radius 2 is 2.10 bits per heavy atom. The molecule has 1 atom stereocenters. The van der Waals surface area contributed by atoms with Crippen LogP contribution >= 0.6 is 23.2 Å². The summed E-state index contributed by atoms with van der Waals surface area (Å²) in [7, 11) is 1.72. The van der Waals surface area contributed by atoms with E-state index in [1.54, 1.807) is 7.11 Å². The number of fused-ring (bicyclic) bond motifs is 1. The van der Waals surface area contributed by atoms with E-state index >= 15 is 0 Å². The van der Waals surface area contributed by atoms with Crippen molar-refractivity contribution in [3.8, 4) is 0 Å². The van der Waals surface area contributed by atoms with Crippen LogP contribution < -0.4 is 0 Å². The molecule has 1 aromatic carbocycles. The summed E-state index contributed by atoms with van der Waals surface area (Å²) in [4.78, 5) is 4.69. The highest BCUT2D eigenvalue weighted by Crippen LogP contribution is 2.28. The number of imidazole rings is 1. The predicted molar refractivity (Wildman–Crippen MR) is 84.9 cm³/mol. The monoisotopic (exact) mass is 314 g/mol. The van der Waals surface area contributed by atoms with Gasteiger partial charge in [-0.2, -0.15) is 0 Å². The van der Waals surface area contributed by atoms with Crippen molar-refractivity contribution >= 4 is 34.2 Å². The van der Waals surface area contributed by atoms with Gasteiger partial charge in [0.15, 0.2) is 0 Å². The molecule has 0 amide bonds. The molecule has 3 nitrogen and oxygen atoms in total. The lowest BCUT2D eigenvalue weighted by molar-refractivity contribution is 0.133. The third-order valence-corrected chi connectivity index (χ3v) is 3.91. The van der Waals surface area contributed by atoms with Gasteiger partial charge in [0.2, 0.25) is 0 Å². The summed E-state index contributed by atoms with van der Waals surface area (Å²) in [5.74, 6) is 1.97. The Morgan fingerprint density at radius 3 is 2.70 bits per heavy atom. The zero-order chi connectivity index (χ0) is 14.7. The van der Waals surface area contributed by atoms with Crippen LogP contribution in [0.1, 0.15) is 25.7 Å². The van der Waals surface area contributed by atoms with E-state index in [2.05, 4.69) is 18.4 Å². The molecule has 20 heavy (non-hydrogen) atoms. The van der Waals surface area contributed by atoms with E-state index in [1.165, 1.54) is 0 Å². The molecule has 0 spiro atoms. The quantitative estimate of drug-likeness (QED) is 0.743. The molecule has 110 valence electrons. The van der Waals surface area contributed by atoms with Crippen molar-refractivity contribution in [2.45, 2.75) is 26.3 Å². The van der Waals surface area contributed by atoms with Gasteiger partial charge < -0.3 is 9.30 Å². The molecule has 0 bridgehead atoms. The van der Waals surface area contributed by atoms with Crippen LogP contribution in [0.3, 0.4) is 0 Å². The van der Waals surface area contributed by atoms with Gasteiger partial charge in [0.1, 0.15) is 5.82 Å². The van der Waals surface area contributed by atoms with Crippen LogP contribution in [0.2, 0.25) is 5.02 Å². The van der Waals surface area contributed by atoms with Gasteiger partial charge in [-0.1, -0.05) is 25.4 Å². The Morgan fingerprint density at radius 1 is 1.35 bits per heavy atom. The standard InChI is InChI=1S/C15H20Cl2N2O/c1-10(2)14(9-20-3)19-13-8-11(17)4-5-12(13)18-15(19)6-7-16/h4-5,8,10,14H,6-7,9H2,1-3H3. The summed E-state index contributed by atoms with van der Waals surface area (Å²) in [6.45, 7) is 5.01. The molecule has 0 aliphatic heterocycles. The number of hydrogen-bond acceptors (Lipinski definition) is 2. The average molecular weight is 315 g/mol. The summed E-state index contributed by atoms with van der Waals surface area (Å²) >= 11 is 12.1. The Hall–Kier alpha value is -0.770. The highest BCUT2D eigenvalue weighted by Gasteiger charge is 2.22. The SMILES string of the molecule is COCC(C(C)C)n1c(CCCl)nc2ccc(Cl)cc21. The molecule has 0 radical (unpaired) electrons. The van der Waals surface area contributed by atoms with Gasteiger partial charge in [0.05, 0.1) is 23.7 Å². The maximum atomic E-state index is 6.14. The first-order valence-electron chi connectivity index (χ1n) is 6.79. The van der Waals surface area contributed by atoms with E-state index in [9.17, 15) is 0 Å². The van der Waals surface area contributed by atoms with E-state index in [4.69, 9.17) is 32.9 Å². The van der Waals surface area contributed by atoms with Crippen LogP contribution in [0.4, 0.5) is 0 Å². The smallest absolute Gasteiger partial charge is 0.111 e. The second-order valence-electron chi connectivity index (χ2n) is 5.24. The lowest BCUT2D eigenvalue weighted by atomic mass is 10.0. The largest absolute Gasteiger partial charge is 0.383 e. The van der Waals surface area contributed by atoms with Crippen LogP contribution in [0, 0.1) is 5.92 Å². The van der Waals surface area contributed by atoms with Crippen molar-refractivity contribution in [1.29, 1.82) is 0 Å². The minimum Gasteiger partial charge on any atom is -0.383 e. The van der Waals surface area contributed by atoms with E-state index in [1.807, 2.05) is 18.2 Å². The van der Waals surface area contributed by atoms with Gasteiger partial charge in [-0.15, -0.1) is 11.6 Å². The molecule has 0 saturated carbocycles. The van der Waals surface area contributed by atoms with Gasteiger partial charge in [-0.3, -0.25) is 0 Å². The summed E-state index contributed by atoms with van der Waals surface area (Å²) in [5, 5.41) is 0.719. The number of halogens is 2. The fraction of sp³-hybridized carbons (Fsp3) is 0.533. The molecule has 1 aromatic heterocycles. The first-order valence-corrected chi connectivity index (χ1v) is 7.71. The van der Waals surface area contributed by atoms with Crippen LogP contribution in [0.5, 0.6) is 0 Å². The number of aromatic nitrogens is 2. The number of alkyl halides is 1. The molecule has 0 aliphatic rings. The second kappa shape index (κ2) is 6.79. The number of methoxy groups -OCH3 is 1. The van der Waals surface area contributed by atoms with E-state index in [0.29, 0.717) is 18.4 Å². The lowest BCUT2D eigenvalue weighted by Crippen LogP contribution is -2.22. The molecular weight excluding hydrogens is 295 g/mol. The first-order chi connectivity index (χ1) is 9.58. The van der Waals surface area contributed by atoms with Crippen LogP contribution in [0.25, 0.3) is 11.0 Å². The normalized spacial score (nSPS) is 13.3. The summed E-state index contributed by atoms with van der Waals surface area (Å²) in [6.07, 6.45) is 0.737. The van der Waals surface area contributed by atoms with Crippen molar-refractivity contribution in [2.75, 3.05) is 19.6 Å². The topological polar surface area (TPSA) is 27.1 Å². The third-order valence-electron chi connectivity index (χ3n) is 3.48. The van der Waals surface area contributed by atoms with Crippen molar-refractivity contribution in [1.82, 2.24) is 9.55 Å². The average Bonchev–Trinajstić information content (AvgIpc) is 2.73. The van der Waals surface area contributed by atoms with E-state index < -0.39 is 0 Å². The van der Waals surface area contributed by atoms with Gasteiger partial charge in [-0.05, 0) is 24.1 Å². The number of nitrogens with zero attached hydrogens (tertiary/aromatic N) is 2. The van der Waals surface area contributed by atoms with Gasteiger partial charge in [-0.25, -0.2) is 4.98 Å². The zero-order valence-electron chi connectivity index (χ0n) is 12.1. The van der Waals surface area contributed by atoms with Gasteiger partial charge in [0.25, 0.3) is 0 Å². The predicted octanol–water partition coefficient (Wildman–Crippen LogP) is 4.31. The molecule has 0 aliphatic carbocycles. The molecule has 1 unspecified atom stereocenters. The third kappa shape index (κ3) is 3.11. The summed E-state index contributed by atoms with van der Waals surface area (Å²) in [6, 6.07) is 6.01. The highest BCUT2D eigenvalue weighted by molar-refractivity contribution is 6.31. The zero-order valence-corrected chi connectivity index (χ0v) is 13.6. The van der Waals surface area contributed by atoms with Gasteiger partial charge >= 0.3 is 0 Å². The van der Waals surface area contributed by atoms with Crippen molar-refractivity contribution < 1.29 is 4.74 Å². The Kier molecular flexibility index (Phi) is 5.30. The minimum atomic E-state index is 0.224. The second-order valence-corrected chi connectivity index (χ2v) is 6.05. The number of benzene rings is 1. The molecule has 5 heteroatoms. The minimum absolute atomic E-state index is 0.224. The van der Waals surface area contributed by atoms with E-state index in [0.717, 1.165) is 28.3 Å². The maximum Gasteiger partial charge on any atom is 0.111 e. The van der Waals surface area contributed by atoms with Crippen molar-refractivity contribution in [3.63, 3.8) is 0 Å². The first kappa shape index (κ1) is 15.6. The van der Waals surface area contributed by atoms with Crippen LogP contribution in [-0.4, -0.2) is 29.1 Å². The molecule has 0 fully saturated rings. The number of hydrogen-bond donors (Lipinski definition) is 0. The highest BCUT2D eigenvalue weighted by atomic mass is 35.5. The number of rotatable bonds is 6. The summed E-state index contributed by atoms with van der Waals surface area (Å²) in [5.41, 5.74) is 2.00. The fourth-order valence-corrected chi connectivity index (χ4v) is 2.82. The molecule has 2 rings (SSSR count). The fourth-order valence-electron chi connectivity index (χ4n) is 2.48. The Balaban J connectivity index is 2.61. The molecule has 2 aromatic rings. The number of ether oxygens (including phenoxy) is 1. The van der Waals surface area contributed by atoms with Crippen molar-refractivity contribution in [2.24, 2.45) is 5.92 Å².